The van der Waals surface area contributed by atoms with Gasteiger partial charge in [-0.05, 0) is 24.5 Å². The van der Waals surface area contributed by atoms with Gasteiger partial charge in [-0.25, -0.2) is 0 Å². The summed E-state index contributed by atoms with van der Waals surface area (Å²) in [6, 6.07) is 7.15. The van der Waals surface area contributed by atoms with Crippen molar-refractivity contribution in [2.75, 3.05) is 6.54 Å². The maximum absolute atomic E-state index is 12.3. The standard InChI is InChI=1S/C25H39NO2/c1-3-4-5-6-7-8-9-10-11-16-21(2)17-14-15-20-26-24(27)22-18-12-13-19-23(22)25(26)28/h12-13,18-19,21H,3-11,14-17,20H2,1-2H3. The van der Waals surface area contributed by atoms with Crippen molar-refractivity contribution in [3.05, 3.63) is 35.4 Å². The lowest BCUT2D eigenvalue weighted by molar-refractivity contribution is 0.0651. The van der Waals surface area contributed by atoms with Crippen molar-refractivity contribution >= 4 is 11.8 Å². The highest BCUT2D eigenvalue weighted by molar-refractivity contribution is 6.21. The van der Waals surface area contributed by atoms with Gasteiger partial charge in [0.2, 0.25) is 0 Å². The van der Waals surface area contributed by atoms with Crippen LogP contribution in [0.25, 0.3) is 0 Å². The summed E-state index contributed by atoms with van der Waals surface area (Å²) < 4.78 is 0. The van der Waals surface area contributed by atoms with Crippen molar-refractivity contribution in [3.63, 3.8) is 0 Å². The van der Waals surface area contributed by atoms with E-state index in [-0.39, 0.29) is 11.8 Å². The Morgan fingerprint density at radius 1 is 0.714 bits per heavy atom. The molecule has 156 valence electrons. The lowest BCUT2D eigenvalue weighted by atomic mass is 9.96. The Bertz CT molecular complexity index is 575. The third-order valence-corrected chi connectivity index (χ3v) is 6.01. The predicted molar refractivity (Wildman–Crippen MR) is 117 cm³/mol. The average Bonchev–Trinajstić information content (AvgIpc) is 2.95. The molecular formula is C25H39NO2. The highest BCUT2D eigenvalue weighted by Gasteiger charge is 2.34. The number of unbranched alkanes of at least 4 members (excludes halogenated alkanes) is 9. The maximum Gasteiger partial charge on any atom is 0.261 e. The predicted octanol–water partition coefficient (Wildman–Crippen LogP) is 7.01. The van der Waals surface area contributed by atoms with Crippen LogP contribution in [0.4, 0.5) is 0 Å². The summed E-state index contributed by atoms with van der Waals surface area (Å²) in [5.74, 6) is 0.499. The first-order valence-electron chi connectivity index (χ1n) is 11.6. The lowest BCUT2D eigenvalue weighted by Gasteiger charge is -2.15. The van der Waals surface area contributed by atoms with Gasteiger partial charge in [0.1, 0.15) is 0 Å². The summed E-state index contributed by atoms with van der Waals surface area (Å²) in [6.45, 7) is 5.16. The number of amides is 2. The zero-order valence-electron chi connectivity index (χ0n) is 18.0. The van der Waals surface area contributed by atoms with E-state index in [1.807, 2.05) is 12.1 Å². The van der Waals surface area contributed by atoms with E-state index in [4.69, 9.17) is 0 Å². The second-order valence-corrected chi connectivity index (χ2v) is 8.53. The Balaban J connectivity index is 1.49. The fourth-order valence-electron chi connectivity index (χ4n) is 4.15. The van der Waals surface area contributed by atoms with E-state index in [9.17, 15) is 9.59 Å². The molecule has 0 spiro atoms. The van der Waals surface area contributed by atoms with E-state index in [1.165, 1.54) is 75.5 Å². The van der Waals surface area contributed by atoms with Crippen LogP contribution in [-0.4, -0.2) is 23.3 Å². The summed E-state index contributed by atoms with van der Waals surface area (Å²) in [6.07, 6.45) is 17.0. The Kier molecular flexibility index (Phi) is 10.3. The van der Waals surface area contributed by atoms with Gasteiger partial charge < -0.3 is 0 Å². The molecule has 0 bridgehead atoms. The number of fused-ring (bicyclic) bond motifs is 1. The molecule has 3 nitrogen and oxygen atoms in total. The molecule has 0 aromatic heterocycles. The molecule has 3 heteroatoms. The molecule has 1 atom stereocenters. The molecule has 1 aromatic carbocycles. The van der Waals surface area contributed by atoms with Gasteiger partial charge in [0.25, 0.3) is 11.8 Å². The van der Waals surface area contributed by atoms with Crippen molar-refractivity contribution in [2.45, 2.75) is 97.3 Å². The second-order valence-electron chi connectivity index (χ2n) is 8.53. The molecule has 0 N–H and O–H groups in total. The molecule has 0 saturated heterocycles. The van der Waals surface area contributed by atoms with Gasteiger partial charge in [-0.15, -0.1) is 0 Å². The molecule has 2 rings (SSSR count). The number of nitrogens with zero attached hydrogens (tertiary/aromatic N) is 1. The monoisotopic (exact) mass is 385 g/mol. The van der Waals surface area contributed by atoms with Crippen LogP contribution < -0.4 is 0 Å². The van der Waals surface area contributed by atoms with Crippen LogP contribution >= 0.6 is 0 Å². The van der Waals surface area contributed by atoms with E-state index in [2.05, 4.69) is 13.8 Å². The Labute approximate surface area is 171 Å². The van der Waals surface area contributed by atoms with Gasteiger partial charge in [-0.2, -0.15) is 0 Å². The van der Waals surface area contributed by atoms with Crippen LogP contribution in [0.2, 0.25) is 0 Å². The highest BCUT2D eigenvalue weighted by atomic mass is 16.2. The normalized spacial score (nSPS) is 14.6. The van der Waals surface area contributed by atoms with Crippen molar-refractivity contribution < 1.29 is 9.59 Å². The average molecular weight is 386 g/mol. The maximum atomic E-state index is 12.3. The third kappa shape index (κ3) is 7.07. The number of hydrogen-bond donors (Lipinski definition) is 0. The molecule has 28 heavy (non-hydrogen) atoms. The molecule has 0 saturated carbocycles. The Hall–Kier alpha value is -1.64. The first-order valence-corrected chi connectivity index (χ1v) is 11.6. The summed E-state index contributed by atoms with van der Waals surface area (Å²) in [5, 5.41) is 0. The van der Waals surface area contributed by atoms with Gasteiger partial charge in [0.05, 0.1) is 11.1 Å². The smallest absolute Gasteiger partial charge is 0.261 e. The van der Waals surface area contributed by atoms with E-state index >= 15 is 0 Å². The van der Waals surface area contributed by atoms with Crippen LogP contribution in [0.3, 0.4) is 0 Å². The zero-order valence-corrected chi connectivity index (χ0v) is 18.0. The number of rotatable bonds is 15. The van der Waals surface area contributed by atoms with E-state index < -0.39 is 0 Å². The molecule has 2 amide bonds. The molecule has 0 aliphatic carbocycles. The summed E-state index contributed by atoms with van der Waals surface area (Å²) >= 11 is 0. The van der Waals surface area contributed by atoms with Crippen LogP contribution in [-0.2, 0) is 0 Å². The molecule has 0 fully saturated rings. The van der Waals surface area contributed by atoms with Gasteiger partial charge in [-0.1, -0.05) is 103 Å². The highest BCUT2D eigenvalue weighted by Crippen LogP contribution is 2.23. The molecule has 0 radical (unpaired) electrons. The molecule has 1 aliphatic heterocycles. The van der Waals surface area contributed by atoms with Crippen molar-refractivity contribution in [1.29, 1.82) is 0 Å². The molecule has 1 heterocycles. The molecule has 1 aliphatic rings. The van der Waals surface area contributed by atoms with E-state index in [0.717, 1.165) is 18.8 Å². The Morgan fingerprint density at radius 3 is 1.71 bits per heavy atom. The van der Waals surface area contributed by atoms with E-state index in [0.29, 0.717) is 17.7 Å². The first kappa shape index (κ1) is 22.6. The van der Waals surface area contributed by atoms with Gasteiger partial charge in [0.15, 0.2) is 0 Å². The zero-order chi connectivity index (χ0) is 20.2. The number of benzene rings is 1. The summed E-state index contributed by atoms with van der Waals surface area (Å²) in [5.41, 5.74) is 1.12. The fourth-order valence-corrected chi connectivity index (χ4v) is 4.15. The minimum Gasteiger partial charge on any atom is -0.274 e. The van der Waals surface area contributed by atoms with Gasteiger partial charge >= 0.3 is 0 Å². The van der Waals surface area contributed by atoms with Crippen LogP contribution in [0, 0.1) is 5.92 Å². The van der Waals surface area contributed by atoms with Crippen molar-refractivity contribution in [3.8, 4) is 0 Å². The van der Waals surface area contributed by atoms with Gasteiger partial charge in [0, 0.05) is 6.54 Å². The number of carbonyl (C=O) groups is 2. The van der Waals surface area contributed by atoms with Crippen LogP contribution in [0.15, 0.2) is 24.3 Å². The fraction of sp³-hybridized carbons (Fsp3) is 0.680. The van der Waals surface area contributed by atoms with Crippen molar-refractivity contribution in [1.82, 2.24) is 4.90 Å². The Morgan fingerprint density at radius 2 is 1.18 bits per heavy atom. The quantitative estimate of drug-likeness (QED) is 0.240. The summed E-state index contributed by atoms with van der Waals surface area (Å²) in [4.78, 5) is 26.1. The first-order chi connectivity index (χ1) is 13.6. The second kappa shape index (κ2) is 12.7. The number of hydrogen-bond acceptors (Lipinski definition) is 2. The van der Waals surface area contributed by atoms with Gasteiger partial charge in [-0.3, -0.25) is 14.5 Å². The summed E-state index contributed by atoms with van der Waals surface area (Å²) in [7, 11) is 0. The largest absolute Gasteiger partial charge is 0.274 e. The molecule has 1 aromatic rings. The van der Waals surface area contributed by atoms with E-state index in [1.54, 1.807) is 12.1 Å². The number of carbonyl (C=O) groups excluding carboxylic acids is 2. The third-order valence-electron chi connectivity index (χ3n) is 6.01. The minimum atomic E-state index is -0.122. The SMILES string of the molecule is CCCCCCCCCCCC(C)CCCCN1C(=O)c2ccccc2C1=O. The lowest BCUT2D eigenvalue weighted by Crippen LogP contribution is -2.30. The number of imide groups is 1. The minimum absolute atomic E-state index is 0.122. The molecular weight excluding hydrogens is 346 g/mol. The van der Waals surface area contributed by atoms with Crippen LogP contribution in [0.5, 0.6) is 0 Å². The van der Waals surface area contributed by atoms with Crippen LogP contribution in [0.1, 0.15) is 118 Å². The topological polar surface area (TPSA) is 37.4 Å². The van der Waals surface area contributed by atoms with Crippen molar-refractivity contribution in [2.24, 2.45) is 5.92 Å². The molecule has 1 unspecified atom stereocenters.